The summed E-state index contributed by atoms with van der Waals surface area (Å²) in [6.45, 7) is 1.83. The summed E-state index contributed by atoms with van der Waals surface area (Å²) in [5.74, 6) is 0. The Balaban J connectivity index is 2.58. The normalized spacial score (nSPS) is 10.6. The summed E-state index contributed by atoms with van der Waals surface area (Å²) in [5.41, 5.74) is 7.92. The summed E-state index contributed by atoms with van der Waals surface area (Å²) in [4.78, 5) is 0. The van der Waals surface area contributed by atoms with E-state index >= 15 is 0 Å². The number of halogens is 2. The second-order valence-electron chi connectivity index (χ2n) is 3.21. The molecule has 3 nitrogen and oxygen atoms in total. The Labute approximate surface area is 97.4 Å². The molecule has 1 aromatic heterocycles. The Hall–Kier alpha value is -1.19. The van der Waals surface area contributed by atoms with Crippen LogP contribution in [-0.2, 0) is 0 Å². The molecule has 0 radical (unpaired) electrons. The molecule has 0 saturated carbocycles. The first-order valence-corrected chi connectivity index (χ1v) is 5.10. The Bertz CT molecular complexity index is 486. The van der Waals surface area contributed by atoms with Gasteiger partial charge in [-0.2, -0.15) is 5.10 Å². The van der Waals surface area contributed by atoms with Gasteiger partial charge in [0.15, 0.2) is 0 Å². The summed E-state index contributed by atoms with van der Waals surface area (Å²) >= 11 is 11.8. The van der Waals surface area contributed by atoms with Crippen LogP contribution in [0.5, 0.6) is 0 Å². The average Bonchev–Trinajstić information content (AvgIpc) is 2.51. The zero-order valence-electron chi connectivity index (χ0n) is 8.04. The maximum atomic E-state index is 5.91. The second kappa shape index (κ2) is 3.76. The molecular formula is C10H9Cl2N3. The van der Waals surface area contributed by atoms with Crippen molar-refractivity contribution >= 4 is 28.9 Å². The summed E-state index contributed by atoms with van der Waals surface area (Å²) < 4.78 is 1.62. The summed E-state index contributed by atoms with van der Waals surface area (Å²) in [6.07, 6.45) is 1.71. The van der Waals surface area contributed by atoms with E-state index in [-0.39, 0.29) is 0 Å². The van der Waals surface area contributed by atoms with E-state index in [0.29, 0.717) is 15.7 Å². The van der Waals surface area contributed by atoms with Crippen molar-refractivity contribution in [1.82, 2.24) is 9.78 Å². The fourth-order valence-corrected chi connectivity index (χ4v) is 1.57. The number of hydrogen-bond acceptors (Lipinski definition) is 2. The first kappa shape index (κ1) is 10.3. The summed E-state index contributed by atoms with van der Waals surface area (Å²) in [7, 11) is 0. The van der Waals surface area contributed by atoms with Crippen LogP contribution in [0.15, 0.2) is 24.4 Å². The lowest BCUT2D eigenvalue weighted by atomic mass is 10.3. The smallest absolute Gasteiger partial charge is 0.0890 e. The van der Waals surface area contributed by atoms with Crippen LogP contribution in [0, 0.1) is 6.92 Å². The van der Waals surface area contributed by atoms with E-state index < -0.39 is 0 Å². The van der Waals surface area contributed by atoms with Crippen molar-refractivity contribution in [3.8, 4) is 5.69 Å². The molecule has 0 amide bonds. The largest absolute Gasteiger partial charge is 0.397 e. The Kier molecular flexibility index (Phi) is 2.59. The van der Waals surface area contributed by atoms with Gasteiger partial charge in [-0.05, 0) is 25.1 Å². The highest BCUT2D eigenvalue weighted by Crippen LogP contribution is 2.23. The van der Waals surface area contributed by atoms with E-state index in [9.17, 15) is 0 Å². The molecule has 78 valence electrons. The van der Waals surface area contributed by atoms with Crippen molar-refractivity contribution in [2.75, 3.05) is 5.73 Å². The van der Waals surface area contributed by atoms with Crippen LogP contribution in [0.1, 0.15) is 5.69 Å². The molecule has 0 spiro atoms. The number of benzene rings is 1. The molecule has 1 aromatic carbocycles. The van der Waals surface area contributed by atoms with Gasteiger partial charge in [0, 0.05) is 11.2 Å². The summed E-state index contributed by atoms with van der Waals surface area (Å²) in [6, 6.07) is 5.22. The third-order valence-corrected chi connectivity index (χ3v) is 2.68. The first-order valence-electron chi connectivity index (χ1n) is 4.35. The first-order chi connectivity index (χ1) is 7.08. The number of aryl methyl sites for hydroxylation is 1. The topological polar surface area (TPSA) is 43.8 Å². The average molecular weight is 242 g/mol. The van der Waals surface area contributed by atoms with Crippen LogP contribution in [0.4, 0.5) is 5.69 Å². The van der Waals surface area contributed by atoms with Crippen molar-refractivity contribution in [3.63, 3.8) is 0 Å². The van der Waals surface area contributed by atoms with Gasteiger partial charge in [-0.1, -0.05) is 23.2 Å². The molecule has 0 fully saturated rings. The molecule has 0 aliphatic rings. The predicted molar refractivity (Wildman–Crippen MR) is 62.7 cm³/mol. The minimum Gasteiger partial charge on any atom is -0.397 e. The van der Waals surface area contributed by atoms with Gasteiger partial charge >= 0.3 is 0 Å². The van der Waals surface area contributed by atoms with Gasteiger partial charge in [0.2, 0.25) is 0 Å². The van der Waals surface area contributed by atoms with Gasteiger partial charge in [0.05, 0.1) is 22.1 Å². The van der Waals surface area contributed by atoms with Crippen LogP contribution in [-0.4, -0.2) is 9.78 Å². The number of nitrogen functional groups attached to an aromatic ring is 1. The molecule has 0 atom stereocenters. The van der Waals surface area contributed by atoms with Crippen molar-refractivity contribution in [1.29, 1.82) is 0 Å². The molecular weight excluding hydrogens is 233 g/mol. The van der Waals surface area contributed by atoms with E-state index in [0.717, 1.165) is 11.4 Å². The number of aromatic nitrogens is 2. The maximum Gasteiger partial charge on any atom is 0.0890 e. The number of nitrogens with two attached hydrogens (primary N) is 1. The van der Waals surface area contributed by atoms with E-state index in [2.05, 4.69) is 5.10 Å². The number of hydrogen-bond donors (Lipinski definition) is 1. The van der Waals surface area contributed by atoms with Crippen LogP contribution in [0.3, 0.4) is 0 Å². The Morgan fingerprint density at radius 2 is 2.07 bits per heavy atom. The van der Waals surface area contributed by atoms with E-state index in [4.69, 9.17) is 28.9 Å². The third-order valence-electron chi connectivity index (χ3n) is 2.08. The van der Waals surface area contributed by atoms with E-state index in [1.54, 1.807) is 29.1 Å². The number of nitrogens with zero attached hydrogens (tertiary/aromatic N) is 2. The van der Waals surface area contributed by atoms with Crippen LogP contribution < -0.4 is 5.73 Å². The molecule has 2 aromatic rings. The lowest BCUT2D eigenvalue weighted by molar-refractivity contribution is 0.865. The molecule has 0 saturated heterocycles. The van der Waals surface area contributed by atoms with E-state index in [1.807, 2.05) is 6.92 Å². The fraction of sp³-hybridized carbons (Fsp3) is 0.100. The second-order valence-corrected chi connectivity index (χ2v) is 4.05. The Morgan fingerprint density at radius 3 is 2.67 bits per heavy atom. The van der Waals surface area contributed by atoms with Crippen molar-refractivity contribution in [2.24, 2.45) is 0 Å². The summed E-state index contributed by atoms with van der Waals surface area (Å²) in [5, 5.41) is 5.45. The highest BCUT2D eigenvalue weighted by molar-refractivity contribution is 6.31. The van der Waals surface area contributed by atoms with Crippen molar-refractivity contribution in [3.05, 3.63) is 40.1 Å². The highest BCUT2D eigenvalue weighted by Gasteiger charge is 2.07. The molecule has 0 aliphatic heterocycles. The SMILES string of the molecule is Cc1nn(-c2cc(Cl)ccc2N)cc1Cl. The van der Waals surface area contributed by atoms with Gasteiger partial charge < -0.3 is 5.73 Å². The lowest BCUT2D eigenvalue weighted by Gasteiger charge is -2.05. The van der Waals surface area contributed by atoms with Crippen molar-refractivity contribution in [2.45, 2.75) is 6.92 Å². The number of rotatable bonds is 1. The maximum absolute atomic E-state index is 5.91. The standard InChI is InChI=1S/C10H9Cl2N3/c1-6-8(12)5-15(14-6)10-4-7(11)2-3-9(10)13/h2-5H,13H2,1H3. The molecule has 15 heavy (non-hydrogen) atoms. The molecule has 0 bridgehead atoms. The monoisotopic (exact) mass is 241 g/mol. The fourth-order valence-electron chi connectivity index (χ4n) is 1.28. The van der Waals surface area contributed by atoms with Gasteiger partial charge in [-0.25, -0.2) is 4.68 Å². The van der Waals surface area contributed by atoms with Crippen LogP contribution >= 0.6 is 23.2 Å². The molecule has 2 rings (SSSR count). The highest BCUT2D eigenvalue weighted by atomic mass is 35.5. The van der Waals surface area contributed by atoms with Crippen LogP contribution in [0.25, 0.3) is 5.69 Å². The van der Waals surface area contributed by atoms with Gasteiger partial charge in [-0.15, -0.1) is 0 Å². The predicted octanol–water partition coefficient (Wildman–Crippen LogP) is 3.07. The van der Waals surface area contributed by atoms with Gasteiger partial charge in [0.1, 0.15) is 0 Å². The minimum atomic E-state index is 0.606. The molecule has 2 N–H and O–H groups in total. The molecule has 0 unspecified atom stereocenters. The third kappa shape index (κ3) is 1.94. The van der Waals surface area contributed by atoms with Crippen molar-refractivity contribution < 1.29 is 0 Å². The van der Waals surface area contributed by atoms with Gasteiger partial charge in [0.25, 0.3) is 0 Å². The zero-order valence-corrected chi connectivity index (χ0v) is 9.55. The Morgan fingerprint density at radius 1 is 1.33 bits per heavy atom. The quantitative estimate of drug-likeness (QED) is 0.781. The van der Waals surface area contributed by atoms with Crippen LogP contribution in [0.2, 0.25) is 10.0 Å². The minimum absolute atomic E-state index is 0.606. The zero-order chi connectivity index (χ0) is 11.0. The molecule has 5 heteroatoms. The lowest BCUT2D eigenvalue weighted by Crippen LogP contribution is -2.00. The van der Waals surface area contributed by atoms with Gasteiger partial charge in [-0.3, -0.25) is 0 Å². The molecule has 0 aliphatic carbocycles. The van der Waals surface area contributed by atoms with E-state index in [1.165, 1.54) is 0 Å². The number of anilines is 1. The molecule has 1 heterocycles.